The summed E-state index contributed by atoms with van der Waals surface area (Å²) in [6.07, 6.45) is 16.2. The molecule has 0 aromatic carbocycles. The van der Waals surface area contributed by atoms with E-state index in [0.717, 1.165) is 48.2 Å². The summed E-state index contributed by atoms with van der Waals surface area (Å²) in [5.74, 6) is 0.242. The number of aliphatic hydroxyl groups excluding tert-OH is 1. The van der Waals surface area contributed by atoms with E-state index < -0.39 is 5.97 Å². The Morgan fingerprint density at radius 3 is 1.67 bits per heavy atom. The molecule has 0 saturated heterocycles. The Bertz CT molecular complexity index is 2150. The van der Waals surface area contributed by atoms with Gasteiger partial charge in [0.15, 0.2) is 17.6 Å². The van der Waals surface area contributed by atoms with Gasteiger partial charge in [-0.1, -0.05) is 10.4 Å². The average Bonchev–Trinajstić information content (AvgIpc) is 3.95. The van der Waals surface area contributed by atoms with Gasteiger partial charge in [0.25, 0.3) is 0 Å². The number of carbonyl (C=O) groups is 3. The van der Waals surface area contributed by atoms with Crippen molar-refractivity contribution in [2.45, 2.75) is 57.2 Å². The zero-order valence-corrected chi connectivity index (χ0v) is 26.3. The Morgan fingerprint density at radius 1 is 0.750 bits per heavy atom. The van der Waals surface area contributed by atoms with Crippen molar-refractivity contribution in [2.24, 2.45) is 0 Å². The van der Waals surface area contributed by atoms with Crippen molar-refractivity contribution < 1.29 is 29.0 Å². The summed E-state index contributed by atoms with van der Waals surface area (Å²) >= 11 is 0. The van der Waals surface area contributed by atoms with Crippen LogP contribution in [0.1, 0.15) is 96.9 Å². The topological polar surface area (TPSA) is 186 Å². The second-order valence-electron chi connectivity index (χ2n) is 11.9. The minimum absolute atomic E-state index is 0.150. The molecule has 1 N–H and O–H groups in total. The minimum atomic E-state index is -0.399. The lowest BCUT2D eigenvalue weighted by molar-refractivity contribution is 0.0593. The normalized spacial score (nSPS) is 14.1. The van der Waals surface area contributed by atoms with Gasteiger partial charge in [-0.15, -0.1) is 10.2 Å². The number of aldehydes is 1. The number of imidazole rings is 2. The fraction of sp³-hybridized carbons (Fsp3) is 0.344. The zero-order valence-electron chi connectivity index (χ0n) is 26.3. The maximum absolute atomic E-state index is 12.1. The summed E-state index contributed by atoms with van der Waals surface area (Å²) in [7, 11) is 2.74. The summed E-state index contributed by atoms with van der Waals surface area (Å²) in [5.41, 5.74) is 6.56. The minimum Gasteiger partial charge on any atom is -0.465 e. The van der Waals surface area contributed by atoms with Crippen LogP contribution in [0.5, 0.6) is 0 Å². The zero-order chi connectivity index (χ0) is 33.4. The number of pyridine rings is 2. The molecule has 16 nitrogen and oxygen atoms in total. The van der Waals surface area contributed by atoms with Crippen molar-refractivity contribution in [1.82, 2.24) is 48.8 Å². The van der Waals surface area contributed by atoms with Crippen LogP contribution < -0.4 is 0 Å². The Hall–Kier alpha value is -5.77. The van der Waals surface area contributed by atoms with Crippen LogP contribution in [0.4, 0.5) is 0 Å². The van der Waals surface area contributed by atoms with Gasteiger partial charge in [0, 0.05) is 24.8 Å². The fourth-order valence-electron chi connectivity index (χ4n) is 5.56. The summed E-state index contributed by atoms with van der Waals surface area (Å²) in [5, 5.41) is 24.5. The highest BCUT2D eigenvalue weighted by Gasteiger charge is 2.28. The third-order valence-corrected chi connectivity index (χ3v) is 8.23. The van der Waals surface area contributed by atoms with E-state index >= 15 is 0 Å². The number of rotatable bonds is 10. The summed E-state index contributed by atoms with van der Waals surface area (Å²) in [4.78, 5) is 43.9. The molecule has 2 saturated carbocycles. The lowest BCUT2D eigenvalue weighted by atomic mass is 10.1. The van der Waals surface area contributed by atoms with E-state index in [1.807, 2.05) is 45.7 Å². The van der Waals surface area contributed by atoms with Crippen LogP contribution in [0.2, 0.25) is 0 Å². The van der Waals surface area contributed by atoms with E-state index in [0.29, 0.717) is 59.3 Å². The highest BCUT2D eigenvalue weighted by Crippen LogP contribution is 2.41. The second kappa shape index (κ2) is 12.8. The standard InChI is InChI=1S/C16H17N5O3.C16H15N5O3/c2*1-24-16(23)14-4-11(10-2-3-10)5-20-6-12(17-15(14)20)7-21-8-13(9-22)18-19-21/h4-6,8,10,22H,2-3,7,9H2,1H3;4-6,8-10H,2-3,7H2,1H3. The smallest absolute Gasteiger partial charge is 0.341 e. The molecule has 2 aliphatic carbocycles. The lowest BCUT2D eigenvalue weighted by Gasteiger charge is -2.05. The summed E-state index contributed by atoms with van der Waals surface area (Å²) in [6.45, 7) is 0.623. The van der Waals surface area contributed by atoms with E-state index in [1.165, 1.54) is 18.9 Å². The molecule has 0 spiro atoms. The first kappa shape index (κ1) is 30.9. The molecule has 16 heteroatoms. The maximum atomic E-state index is 12.1. The third kappa shape index (κ3) is 6.42. The van der Waals surface area contributed by atoms with Crippen molar-refractivity contribution in [3.8, 4) is 0 Å². The molecule has 0 bridgehead atoms. The van der Waals surface area contributed by atoms with Crippen molar-refractivity contribution in [1.29, 1.82) is 0 Å². The van der Waals surface area contributed by atoms with E-state index in [-0.39, 0.29) is 18.3 Å². The van der Waals surface area contributed by atoms with Crippen molar-refractivity contribution in [2.75, 3.05) is 14.2 Å². The first-order valence-corrected chi connectivity index (χ1v) is 15.4. The van der Waals surface area contributed by atoms with Crippen molar-refractivity contribution in [3.63, 3.8) is 0 Å². The van der Waals surface area contributed by atoms with Gasteiger partial charge >= 0.3 is 11.9 Å². The van der Waals surface area contributed by atoms with Crippen LogP contribution in [0, 0.1) is 0 Å². The Balaban J connectivity index is 0.000000152. The number of carbonyl (C=O) groups excluding carboxylic acids is 3. The molecule has 6 aromatic heterocycles. The van der Waals surface area contributed by atoms with Crippen LogP contribution in [0.25, 0.3) is 11.3 Å². The largest absolute Gasteiger partial charge is 0.465 e. The molecule has 2 fully saturated rings. The molecule has 0 atom stereocenters. The van der Waals surface area contributed by atoms with Crippen molar-refractivity contribution >= 4 is 29.5 Å². The van der Waals surface area contributed by atoms with Gasteiger partial charge in [-0.05, 0) is 60.8 Å². The number of esters is 2. The Labute approximate surface area is 272 Å². The molecular weight excluding hydrogens is 620 g/mol. The molecule has 0 aliphatic heterocycles. The molecule has 6 aromatic rings. The number of hydrogen-bond donors (Lipinski definition) is 1. The van der Waals surface area contributed by atoms with Gasteiger partial charge in [-0.3, -0.25) is 4.79 Å². The van der Waals surface area contributed by atoms with Gasteiger partial charge in [0.2, 0.25) is 0 Å². The van der Waals surface area contributed by atoms with Crippen LogP contribution in [-0.4, -0.2) is 86.3 Å². The van der Waals surface area contributed by atoms with E-state index in [9.17, 15) is 14.4 Å². The Kier molecular flexibility index (Phi) is 8.22. The number of methoxy groups -OCH3 is 2. The molecule has 0 radical (unpaired) electrons. The molecule has 246 valence electrons. The first-order chi connectivity index (χ1) is 23.3. The summed E-state index contributed by atoms with van der Waals surface area (Å²) < 4.78 is 16.6. The van der Waals surface area contributed by atoms with Gasteiger partial charge in [0.1, 0.15) is 22.5 Å². The number of ether oxygens (including phenoxy) is 2. The van der Waals surface area contributed by atoms with Crippen LogP contribution in [-0.2, 0) is 29.2 Å². The molecular formula is C32H32N10O6. The first-order valence-electron chi connectivity index (χ1n) is 15.4. The predicted octanol–water partition coefficient (Wildman–Crippen LogP) is 2.58. The van der Waals surface area contributed by atoms with Gasteiger partial charge in [-0.25, -0.2) is 28.9 Å². The quantitative estimate of drug-likeness (QED) is 0.169. The van der Waals surface area contributed by atoms with Crippen molar-refractivity contribution in [3.05, 3.63) is 94.3 Å². The van der Waals surface area contributed by atoms with Crippen LogP contribution >= 0.6 is 0 Å². The number of aliphatic hydroxyl groups is 1. The van der Waals surface area contributed by atoms with Gasteiger partial charge in [-0.2, -0.15) is 0 Å². The fourth-order valence-corrected chi connectivity index (χ4v) is 5.56. The van der Waals surface area contributed by atoms with E-state index in [4.69, 9.17) is 14.6 Å². The predicted molar refractivity (Wildman–Crippen MR) is 167 cm³/mol. The summed E-state index contributed by atoms with van der Waals surface area (Å²) in [6, 6.07) is 3.75. The maximum Gasteiger partial charge on any atom is 0.341 e. The highest BCUT2D eigenvalue weighted by atomic mass is 16.5. The number of aromatic nitrogens is 10. The monoisotopic (exact) mass is 652 g/mol. The van der Waals surface area contributed by atoms with Gasteiger partial charge < -0.3 is 23.4 Å². The molecule has 0 unspecified atom stereocenters. The highest BCUT2D eigenvalue weighted by molar-refractivity contribution is 5.96. The third-order valence-electron chi connectivity index (χ3n) is 8.23. The van der Waals surface area contributed by atoms with E-state index in [1.54, 1.807) is 17.1 Å². The van der Waals surface area contributed by atoms with E-state index in [2.05, 4.69) is 30.6 Å². The van der Waals surface area contributed by atoms with Crippen LogP contribution in [0.15, 0.2) is 49.3 Å². The number of fused-ring (bicyclic) bond motifs is 2. The lowest BCUT2D eigenvalue weighted by Crippen LogP contribution is -2.05. The van der Waals surface area contributed by atoms with Crippen LogP contribution in [0.3, 0.4) is 0 Å². The van der Waals surface area contributed by atoms with Gasteiger partial charge in [0.05, 0.1) is 57.7 Å². The molecule has 2 aliphatic rings. The molecule has 6 heterocycles. The molecule has 8 rings (SSSR count). The second-order valence-corrected chi connectivity index (χ2v) is 11.9. The number of nitrogens with zero attached hydrogens (tertiary/aromatic N) is 10. The molecule has 48 heavy (non-hydrogen) atoms. The number of hydrogen-bond acceptors (Lipinski definition) is 12. The Morgan fingerprint density at radius 2 is 1.25 bits per heavy atom. The SMILES string of the molecule is COC(=O)c1cc(C2CC2)cn2cc(Cn3cc(C=O)nn3)nc12.COC(=O)c1cc(C2CC2)cn2cc(Cn3cc(CO)nn3)nc12. The average molecular weight is 653 g/mol. The molecule has 0 amide bonds.